The van der Waals surface area contributed by atoms with E-state index < -0.39 is 10.0 Å². The van der Waals surface area contributed by atoms with Crippen molar-refractivity contribution in [1.82, 2.24) is 4.89 Å². The molecule has 1 saturated heterocycles. The fraction of sp³-hybridized carbons (Fsp3) is 0.385. The first-order valence-corrected chi connectivity index (χ1v) is 8.02. The third kappa shape index (κ3) is 3.69. The third-order valence-corrected chi connectivity index (χ3v) is 4.24. The highest BCUT2D eigenvalue weighted by Crippen LogP contribution is 2.23. The van der Waals surface area contributed by atoms with Gasteiger partial charge < -0.3 is 4.74 Å². The molecule has 0 saturated carbocycles. The summed E-state index contributed by atoms with van der Waals surface area (Å²) < 4.78 is 28.6. The molecule has 1 aromatic carbocycles. The number of nitrogens with one attached hydrogen (secondary N) is 1. The van der Waals surface area contributed by atoms with Gasteiger partial charge in [-0.25, -0.2) is 8.42 Å². The molecule has 0 bridgehead atoms. The van der Waals surface area contributed by atoms with Crippen molar-refractivity contribution in [3.05, 3.63) is 24.3 Å². The van der Waals surface area contributed by atoms with Gasteiger partial charge in [-0.1, -0.05) is 4.89 Å². The van der Waals surface area contributed by atoms with E-state index in [1.54, 1.807) is 0 Å². The lowest BCUT2D eigenvalue weighted by molar-refractivity contribution is -0.121. The van der Waals surface area contributed by atoms with E-state index >= 15 is 0 Å². The summed E-state index contributed by atoms with van der Waals surface area (Å²) in [5.74, 6) is -0.580. The lowest BCUT2D eigenvalue weighted by Crippen LogP contribution is -2.29. The maximum atomic E-state index is 11.9. The second kappa shape index (κ2) is 6.97. The van der Waals surface area contributed by atoms with Gasteiger partial charge in [0.1, 0.15) is 0 Å². The lowest BCUT2D eigenvalue weighted by atomic mass is 10.3. The van der Waals surface area contributed by atoms with Gasteiger partial charge in [-0.05, 0) is 24.3 Å². The van der Waals surface area contributed by atoms with E-state index in [0.717, 1.165) is 4.90 Å². The molecule has 2 rings (SSSR count). The Labute approximate surface area is 128 Å². The van der Waals surface area contributed by atoms with Crippen molar-refractivity contribution < 1.29 is 27.6 Å². The minimum absolute atomic E-state index is 0.0345. The number of benzene rings is 1. The molecule has 0 radical (unpaired) electrons. The summed E-state index contributed by atoms with van der Waals surface area (Å²) in [5.41, 5.74) is 0.353. The molecular weight excluding hydrogens is 312 g/mol. The van der Waals surface area contributed by atoms with E-state index in [1.165, 1.54) is 31.4 Å². The maximum Gasteiger partial charge on any atom is 0.262 e. The minimum atomic E-state index is -3.82. The molecule has 1 fully saturated rings. The van der Waals surface area contributed by atoms with Crippen LogP contribution in [0.4, 0.5) is 5.69 Å². The second-order valence-corrected chi connectivity index (χ2v) is 6.19. The van der Waals surface area contributed by atoms with Crippen LogP contribution in [0.15, 0.2) is 29.2 Å². The van der Waals surface area contributed by atoms with Crippen molar-refractivity contribution in [2.75, 3.05) is 25.2 Å². The number of anilines is 1. The van der Waals surface area contributed by atoms with Crippen molar-refractivity contribution in [2.24, 2.45) is 0 Å². The number of hydrogen-bond donors (Lipinski definition) is 1. The standard InChI is InChI=1S/C13H16N2O6S/c1-20-8-9-21-14-22(18,19)11-4-2-10(3-5-11)15-12(16)6-7-13(15)17/h2-5,14H,6-9H2,1H3. The fourth-order valence-electron chi connectivity index (χ4n) is 1.93. The SMILES string of the molecule is COCCONS(=O)(=O)c1ccc(N2C(=O)CCC2=O)cc1. The molecule has 0 aliphatic carbocycles. The molecule has 1 aromatic rings. The summed E-state index contributed by atoms with van der Waals surface area (Å²) in [5, 5.41) is 0. The van der Waals surface area contributed by atoms with Gasteiger partial charge in [-0.2, -0.15) is 0 Å². The molecular formula is C13H16N2O6S. The van der Waals surface area contributed by atoms with Gasteiger partial charge in [0, 0.05) is 20.0 Å². The predicted molar refractivity (Wildman–Crippen MR) is 76.3 cm³/mol. The van der Waals surface area contributed by atoms with Crippen LogP contribution < -0.4 is 9.79 Å². The number of amides is 2. The molecule has 1 aliphatic heterocycles. The Hall–Kier alpha value is -1.81. The first-order valence-electron chi connectivity index (χ1n) is 6.54. The summed E-state index contributed by atoms with van der Waals surface area (Å²) in [4.78, 5) is 31.0. The Balaban J connectivity index is 2.08. The van der Waals surface area contributed by atoms with E-state index in [0.29, 0.717) is 5.69 Å². The lowest BCUT2D eigenvalue weighted by Gasteiger charge is -2.14. The molecule has 0 unspecified atom stereocenters. The molecule has 1 aliphatic rings. The average molecular weight is 328 g/mol. The van der Waals surface area contributed by atoms with Gasteiger partial charge in [0.25, 0.3) is 10.0 Å². The summed E-state index contributed by atoms with van der Waals surface area (Å²) >= 11 is 0. The van der Waals surface area contributed by atoms with E-state index in [4.69, 9.17) is 9.57 Å². The molecule has 0 atom stereocenters. The number of nitrogens with zero attached hydrogens (tertiary/aromatic N) is 1. The van der Waals surface area contributed by atoms with E-state index in [-0.39, 0.29) is 42.8 Å². The molecule has 8 nitrogen and oxygen atoms in total. The van der Waals surface area contributed by atoms with Crippen LogP contribution in [-0.4, -0.2) is 40.6 Å². The zero-order valence-electron chi connectivity index (χ0n) is 11.9. The van der Waals surface area contributed by atoms with E-state index in [1.807, 2.05) is 4.89 Å². The summed E-state index contributed by atoms with van der Waals surface area (Å²) in [7, 11) is -2.35. The number of carbonyl (C=O) groups is 2. The number of carbonyl (C=O) groups excluding carboxylic acids is 2. The van der Waals surface area contributed by atoms with Gasteiger partial charge in [0.2, 0.25) is 11.8 Å². The smallest absolute Gasteiger partial charge is 0.262 e. The predicted octanol–water partition coefficient (Wildman–Crippen LogP) is 0.196. The van der Waals surface area contributed by atoms with Crippen molar-refractivity contribution in [2.45, 2.75) is 17.7 Å². The Kier molecular flexibility index (Phi) is 5.24. The van der Waals surface area contributed by atoms with Crippen LogP contribution in [0.3, 0.4) is 0 Å². The molecule has 1 N–H and O–H groups in total. The fourth-order valence-corrected chi connectivity index (χ4v) is 2.76. The molecule has 1 heterocycles. The van der Waals surface area contributed by atoms with Crippen LogP contribution in [0.25, 0.3) is 0 Å². The molecule has 0 aromatic heterocycles. The third-order valence-electron chi connectivity index (χ3n) is 3.01. The van der Waals surface area contributed by atoms with Crippen LogP contribution in [0, 0.1) is 0 Å². The second-order valence-electron chi connectivity index (χ2n) is 4.54. The zero-order chi connectivity index (χ0) is 16.2. The minimum Gasteiger partial charge on any atom is -0.382 e. The number of methoxy groups -OCH3 is 1. The van der Waals surface area contributed by atoms with Crippen LogP contribution in [-0.2, 0) is 29.2 Å². The highest BCUT2D eigenvalue weighted by atomic mass is 32.2. The first-order chi connectivity index (χ1) is 10.5. The normalized spacial score (nSPS) is 15.6. The number of rotatable bonds is 7. The van der Waals surface area contributed by atoms with Crippen molar-refractivity contribution >= 4 is 27.5 Å². The van der Waals surface area contributed by atoms with Crippen molar-refractivity contribution in [3.63, 3.8) is 0 Å². The van der Waals surface area contributed by atoms with Crippen molar-refractivity contribution in [1.29, 1.82) is 0 Å². The topological polar surface area (TPSA) is 102 Å². The first kappa shape index (κ1) is 16.6. The Bertz CT molecular complexity index is 640. The van der Waals surface area contributed by atoms with Crippen molar-refractivity contribution in [3.8, 4) is 0 Å². The highest BCUT2D eigenvalue weighted by Gasteiger charge is 2.30. The van der Waals surface area contributed by atoms with Crippen LogP contribution >= 0.6 is 0 Å². The highest BCUT2D eigenvalue weighted by molar-refractivity contribution is 7.89. The zero-order valence-corrected chi connectivity index (χ0v) is 12.8. The quantitative estimate of drug-likeness (QED) is 0.436. The summed E-state index contributed by atoms with van der Waals surface area (Å²) in [6, 6.07) is 5.42. The van der Waals surface area contributed by atoms with Gasteiger partial charge >= 0.3 is 0 Å². The average Bonchev–Trinajstić information content (AvgIpc) is 2.83. The monoisotopic (exact) mass is 328 g/mol. The largest absolute Gasteiger partial charge is 0.382 e. The molecule has 9 heteroatoms. The van der Waals surface area contributed by atoms with Gasteiger partial charge in [0.15, 0.2) is 0 Å². The molecule has 2 amide bonds. The number of ether oxygens (including phenoxy) is 1. The summed E-state index contributed by atoms with van der Waals surface area (Å²) in [6.45, 7) is 0.325. The van der Waals surface area contributed by atoms with Gasteiger partial charge in [0.05, 0.1) is 23.8 Å². The number of imide groups is 1. The van der Waals surface area contributed by atoms with Gasteiger partial charge in [-0.15, -0.1) is 0 Å². The van der Waals surface area contributed by atoms with Crippen LogP contribution in [0.2, 0.25) is 0 Å². The van der Waals surface area contributed by atoms with Gasteiger partial charge in [-0.3, -0.25) is 19.3 Å². The Morgan fingerprint density at radius 2 is 1.68 bits per heavy atom. The number of sulfonamides is 1. The van der Waals surface area contributed by atoms with Crippen LogP contribution in [0.5, 0.6) is 0 Å². The maximum absolute atomic E-state index is 11.9. The number of hydrogen-bond acceptors (Lipinski definition) is 6. The Morgan fingerprint density at radius 1 is 1.09 bits per heavy atom. The molecule has 0 spiro atoms. The Morgan fingerprint density at radius 3 is 2.23 bits per heavy atom. The summed E-state index contributed by atoms with van der Waals surface area (Å²) in [6.07, 6.45) is 0.349. The van der Waals surface area contributed by atoms with E-state index in [9.17, 15) is 18.0 Å². The molecule has 120 valence electrons. The van der Waals surface area contributed by atoms with E-state index in [2.05, 4.69) is 0 Å². The molecule has 22 heavy (non-hydrogen) atoms. The van der Waals surface area contributed by atoms with Crippen LogP contribution in [0.1, 0.15) is 12.8 Å².